The van der Waals surface area contributed by atoms with Crippen molar-refractivity contribution in [1.82, 2.24) is 19.4 Å². The zero-order valence-electron chi connectivity index (χ0n) is 15.4. The number of para-hydroxylation sites is 2. The molecular formula is C21H24N4O. The molecule has 1 aromatic heterocycles. The maximum absolute atomic E-state index is 12.7. The number of hydrogen-bond acceptors (Lipinski definition) is 3. The molecule has 134 valence electrons. The quantitative estimate of drug-likeness (QED) is 0.731. The van der Waals surface area contributed by atoms with E-state index in [1.54, 1.807) is 0 Å². The lowest BCUT2D eigenvalue weighted by molar-refractivity contribution is 0.0624. The molecule has 5 heteroatoms. The fraction of sp³-hybridized carbons (Fsp3) is 0.333. The summed E-state index contributed by atoms with van der Waals surface area (Å²) in [5, 5.41) is 0. The SMILES string of the molecule is Cc1ccccc1C(=O)N1CCN(Cc2nc3ccccc3n2C)CC1. The number of fused-ring (bicyclic) bond motifs is 1. The highest BCUT2D eigenvalue weighted by Gasteiger charge is 2.23. The standard InChI is InChI=1S/C21H24N4O/c1-16-7-3-4-8-17(16)21(26)25-13-11-24(12-14-25)15-20-22-18-9-5-6-10-19(18)23(20)2/h3-10H,11-15H2,1-2H3. The molecule has 0 atom stereocenters. The molecule has 0 saturated carbocycles. The van der Waals surface area contributed by atoms with E-state index in [1.165, 1.54) is 0 Å². The fourth-order valence-electron chi connectivity index (χ4n) is 3.63. The topological polar surface area (TPSA) is 41.4 Å². The largest absolute Gasteiger partial charge is 0.336 e. The highest BCUT2D eigenvalue weighted by molar-refractivity contribution is 5.95. The van der Waals surface area contributed by atoms with Crippen LogP contribution in [0.2, 0.25) is 0 Å². The Morgan fingerprint density at radius 1 is 1.00 bits per heavy atom. The van der Waals surface area contributed by atoms with Crippen molar-refractivity contribution in [2.45, 2.75) is 13.5 Å². The molecule has 1 fully saturated rings. The van der Waals surface area contributed by atoms with Crippen molar-refractivity contribution in [1.29, 1.82) is 0 Å². The predicted molar refractivity (Wildman–Crippen MR) is 103 cm³/mol. The Morgan fingerprint density at radius 3 is 2.42 bits per heavy atom. The van der Waals surface area contributed by atoms with Gasteiger partial charge in [0.1, 0.15) is 5.82 Å². The van der Waals surface area contributed by atoms with Gasteiger partial charge in [-0.05, 0) is 30.7 Å². The average molecular weight is 348 g/mol. The van der Waals surface area contributed by atoms with Crippen molar-refractivity contribution >= 4 is 16.9 Å². The summed E-state index contributed by atoms with van der Waals surface area (Å²) in [6.07, 6.45) is 0. The number of aromatic nitrogens is 2. The van der Waals surface area contributed by atoms with Crippen LogP contribution < -0.4 is 0 Å². The molecule has 0 aliphatic carbocycles. The lowest BCUT2D eigenvalue weighted by atomic mass is 10.1. The van der Waals surface area contributed by atoms with E-state index in [1.807, 2.05) is 48.2 Å². The number of amides is 1. The first-order valence-corrected chi connectivity index (χ1v) is 9.11. The van der Waals surface area contributed by atoms with Gasteiger partial charge in [-0.2, -0.15) is 0 Å². The maximum atomic E-state index is 12.7. The number of carbonyl (C=O) groups excluding carboxylic acids is 1. The number of hydrogen-bond donors (Lipinski definition) is 0. The van der Waals surface area contributed by atoms with Gasteiger partial charge >= 0.3 is 0 Å². The fourth-order valence-corrected chi connectivity index (χ4v) is 3.63. The molecule has 0 N–H and O–H groups in total. The van der Waals surface area contributed by atoms with E-state index in [4.69, 9.17) is 4.98 Å². The Hall–Kier alpha value is -2.66. The molecule has 4 rings (SSSR count). The highest BCUT2D eigenvalue weighted by atomic mass is 16.2. The van der Waals surface area contributed by atoms with E-state index >= 15 is 0 Å². The van der Waals surface area contributed by atoms with E-state index < -0.39 is 0 Å². The van der Waals surface area contributed by atoms with Crippen LogP contribution >= 0.6 is 0 Å². The molecule has 5 nitrogen and oxygen atoms in total. The van der Waals surface area contributed by atoms with Crippen LogP contribution in [-0.4, -0.2) is 51.4 Å². The number of benzene rings is 2. The second-order valence-electron chi connectivity index (χ2n) is 6.96. The van der Waals surface area contributed by atoms with Gasteiger partial charge in [0.25, 0.3) is 5.91 Å². The van der Waals surface area contributed by atoms with Gasteiger partial charge in [0.15, 0.2) is 0 Å². The molecule has 2 aromatic carbocycles. The summed E-state index contributed by atoms with van der Waals surface area (Å²) in [5.74, 6) is 1.22. The molecule has 0 spiro atoms. The van der Waals surface area contributed by atoms with Crippen LogP contribution in [0.25, 0.3) is 11.0 Å². The van der Waals surface area contributed by atoms with E-state index in [9.17, 15) is 4.79 Å². The van der Waals surface area contributed by atoms with Gasteiger partial charge in [0.2, 0.25) is 0 Å². The normalized spacial score (nSPS) is 15.5. The Kier molecular flexibility index (Phi) is 4.47. The summed E-state index contributed by atoms with van der Waals surface area (Å²) in [6, 6.07) is 16.0. The van der Waals surface area contributed by atoms with Gasteiger partial charge in [-0.25, -0.2) is 4.98 Å². The summed E-state index contributed by atoms with van der Waals surface area (Å²) < 4.78 is 2.17. The summed E-state index contributed by atoms with van der Waals surface area (Å²) in [6.45, 7) is 6.09. The Bertz CT molecular complexity index is 938. The van der Waals surface area contributed by atoms with Crippen molar-refractivity contribution < 1.29 is 4.79 Å². The summed E-state index contributed by atoms with van der Waals surface area (Å²) in [5.41, 5.74) is 4.06. The van der Waals surface area contributed by atoms with Crippen molar-refractivity contribution in [3.8, 4) is 0 Å². The van der Waals surface area contributed by atoms with Gasteiger partial charge in [-0.1, -0.05) is 30.3 Å². The molecule has 0 bridgehead atoms. The number of nitrogens with zero attached hydrogens (tertiary/aromatic N) is 4. The Balaban J connectivity index is 1.41. The lowest BCUT2D eigenvalue weighted by Crippen LogP contribution is -2.48. The zero-order valence-corrected chi connectivity index (χ0v) is 15.4. The Labute approximate surface area is 153 Å². The number of carbonyl (C=O) groups is 1. The second-order valence-corrected chi connectivity index (χ2v) is 6.96. The molecule has 3 aromatic rings. The predicted octanol–water partition coefficient (Wildman–Crippen LogP) is 2.84. The molecule has 26 heavy (non-hydrogen) atoms. The molecule has 2 heterocycles. The van der Waals surface area contributed by atoms with Gasteiger partial charge < -0.3 is 9.47 Å². The van der Waals surface area contributed by atoms with Crippen LogP contribution in [0.1, 0.15) is 21.7 Å². The van der Waals surface area contributed by atoms with Crippen LogP contribution in [0.5, 0.6) is 0 Å². The van der Waals surface area contributed by atoms with Crippen LogP contribution in [-0.2, 0) is 13.6 Å². The zero-order chi connectivity index (χ0) is 18.1. The highest BCUT2D eigenvalue weighted by Crippen LogP contribution is 2.17. The summed E-state index contributed by atoms with van der Waals surface area (Å²) >= 11 is 0. The number of rotatable bonds is 3. The minimum absolute atomic E-state index is 0.144. The summed E-state index contributed by atoms with van der Waals surface area (Å²) in [7, 11) is 2.07. The monoisotopic (exact) mass is 348 g/mol. The van der Waals surface area contributed by atoms with Crippen LogP contribution in [0.3, 0.4) is 0 Å². The van der Waals surface area contributed by atoms with E-state index in [0.29, 0.717) is 0 Å². The second kappa shape index (κ2) is 6.92. The third-order valence-corrected chi connectivity index (χ3v) is 5.28. The van der Waals surface area contributed by atoms with Crippen molar-refractivity contribution in [2.75, 3.05) is 26.2 Å². The minimum atomic E-state index is 0.144. The third-order valence-electron chi connectivity index (χ3n) is 5.28. The smallest absolute Gasteiger partial charge is 0.254 e. The molecule has 0 radical (unpaired) electrons. The summed E-state index contributed by atoms with van der Waals surface area (Å²) in [4.78, 5) is 21.9. The molecule has 1 aliphatic rings. The lowest BCUT2D eigenvalue weighted by Gasteiger charge is -2.34. The minimum Gasteiger partial charge on any atom is -0.336 e. The number of piperazine rings is 1. The molecular weight excluding hydrogens is 324 g/mol. The average Bonchev–Trinajstić information content (AvgIpc) is 2.98. The van der Waals surface area contributed by atoms with Crippen LogP contribution in [0.4, 0.5) is 0 Å². The number of aryl methyl sites for hydroxylation is 2. The third kappa shape index (κ3) is 3.10. The first-order chi connectivity index (χ1) is 12.6. The molecule has 0 unspecified atom stereocenters. The van der Waals surface area contributed by atoms with Gasteiger partial charge in [0, 0.05) is 38.8 Å². The van der Waals surface area contributed by atoms with E-state index in [2.05, 4.69) is 28.6 Å². The van der Waals surface area contributed by atoms with Crippen molar-refractivity contribution in [3.63, 3.8) is 0 Å². The van der Waals surface area contributed by atoms with Crippen LogP contribution in [0, 0.1) is 6.92 Å². The van der Waals surface area contributed by atoms with Gasteiger partial charge in [0.05, 0.1) is 17.6 Å². The van der Waals surface area contributed by atoms with Crippen molar-refractivity contribution in [3.05, 3.63) is 65.5 Å². The molecule has 1 amide bonds. The van der Waals surface area contributed by atoms with E-state index in [0.717, 1.165) is 60.7 Å². The van der Waals surface area contributed by atoms with E-state index in [-0.39, 0.29) is 5.91 Å². The molecule has 1 saturated heterocycles. The Morgan fingerprint density at radius 2 is 1.69 bits per heavy atom. The molecule has 1 aliphatic heterocycles. The van der Waals surface area contributed by atoms with Crippen LogP contribution in [0.15, 0.2) is 48.5 Å². The first kappa shape index (κ1) is 16.8. The van der Waals surface area contributed by atoms with Gasteiger partial charge in [-0.15, -0.1) is 0 Å². The maximum Gasteiger partial charge on any atom is 0.254 e. The van der Waals surface area contributed by atoms with Crippen molar-refractivity contribution in [2.24, 2.45) is 7.05 Å². The van der Waals surface area contributed by atoms with Gasteiger partial charge in [-0.3, -0.25) is 9.69 Å². The first-order valence-electron chi connectivity index (χ1n) is 9.11. The number of imidazole rings is 1.